The third-order valence-corrected chi connectivity index (χ3v) is 3.56. The molecule has 1 atom stereocenters. The van der Waals surface area contributed by atoms with Crippen LogP contribution in [0.1, 0.15) is 44.8 Å². The lowest BCUT2D eigenvalue weighted by Crippen LogP contribution is -2.43. The minimum absolute atomic E-state index is 0.128. The second-order valence-electron chi connectivity index (χ2n) is 6.05. The van der Waals surface area contributed by atoms with Gasteiger partial charge in [-0.15, -0.1) is 0 Å². The molecule has 1 unspecified atom stereocenters. The monoisotopic (exact) mass is 295 g/mol. The maximum Gasteiger partial charge on any atom is 0.223 e. The molecule has 1 saturated heterocycles. The first-order valence-electron chi connectivity index (χ1n) is 7.73. The fourth-order valence-corrected chi connectivity index (χ4v) is 2.54. The third kappa shape index (κ3) is 5.12. The number of rotatable bonds is 6. The maximum atomic E-state index is 12.1. The zero-order valence-corrected chi connectivity index (χ0v) is 13.2. The number of carbonyl (C=O) groups is 1. The van der Waals surface area contributed by atoms with Crippen molar-refractivity contribution in [1.82, 2.24) is 15.0 Å². The number of hydrogen-bond acceptors (Lipinski definition) is 5. The molecule has 0 radical (unpaired) electrons. The molecule has 0 bridgehead atoms. The molecule has 0 spiro atoms. The predicted molar refractivity (Wildman–Crippen MR) is 77.7 cm³/mol. The molecular weight excluding hydrogens is 270 g/mol. The van der Waals surface area contributed by atoms with Gasteiger partial charge in [-0.1, -0.05) is 19.0 Å². The molecule has 2 heterocycles. The summed E-state index contributed by atoms with van der Waals surface area (Å²) in [4.78, 5) is 18.2. The smallest absolute Gasteiger partial charge is 0.223 e. The predicted octanol–water partition coefficient (Wildman–Crippen LogP) is 1.97. The van der Waals surface area contributed by atoms with Crippen molar-refractivity contribution in [2.45, 2.75) is 52.6 Å². The van der Waals surface area contributed by atoms with E-state index < -0.39 is 0 Å². The molecule has 0 N–H and O–H groups in total. The Morgan fingerprint density at radius 3 is 3.00 bits per heavy atom. The summed E-state index contributed by atoms with van der Waals surface area (Å²) in [7, 11) is 0. The number of nitrogens with zero attached hydrogens (tertiary/aromatic N) is 3. The standard InChI is InChI=1S/C15H25N3O3/c1-11(2)9-15(19)18-7-4-5-13(10-18)20-8-6-14-16-12(3)21-17-14/h11,13H,4-10H2,1-3H3. The van der Waals surface area contributed by atoms with E-state index in [1.165, 1.54) is 0 Å². The van der Waals surface area contributed by atoms with Crippen molar-refractivity contribution >= 4 is 5.91 Å². The Balaban J connectivity index is 1.72. The zero-order chi connectivity index (χ0) is 15.2. The maximum absolute atomic E-state index is 12.1. The van der Waals surface area contributed by atoms with Crippen molar-refractivity contribution in [2.24, 2.45) is 5.92 Å². The van der Waals surface area contributed by atoms with E-state index in [4.69, 9.17) is 9.26 Å². The molecule has 1 aromatic rings. The SMILES string of the molecule is Cc1nc(CCOC2CCCN(C(=O)CC(C)C)C2)no1. The van der Waals surface area contributed by atoms with Gasteiger partial charge in [-0.05, 0) is 18.8 Å². The average Bonchev–Trinajstić information content (AvgIpc) is 2.84. The second-order valence-corrected chi connectivity index (χ2v) is 6.05. The lowest BCUT2D eigenvalue weighted by atomic mass is 10.1. The van der Waals surface area contributed by atoms with Crippen LogP contribution in [0, 0.1) is 12.8 Å². The minimum Gasteiger partial charge on any atom is -0.376 e. The van der Waals surface area contributed by atoms with Crippen molar-refractivity contribution in [3.8, 4) is 0 Å². The van der Waals surface area contributed by atoms with E-state index in [2.05, 4.69) is 24.0 Å². The van der Waals surface area contributed by atoms with Crippen molar-refractivity contribution in [2.75, 3.05) is 19.7 Å². The van der Waals surface area contributed by atoms with Crippen molar-refractivity contribution < 1.29 is 14.1 Å². The van der Waals surface area contributed by atoms with Crippen LogP contribution in [0.2, 0.25) is 0 Å². The lowest BCUT2D eigenvalue weighted by molar-refractivity contribution is -0.136. The Bertz CT molecular complexity index is 459. The summed E-state index contributed by atoms with van der Waals surface area (Å²) in [5.74, 6) is 1.90. The third-order valence-electron chi connectivity index (χ3n) is 3.56. The van der Waals surface area contributed by atoms with Gasteiger partial charge in [-0.3, -0.25) is 4.79 Å². The van der Waals surface area contributed by atoms with Gasteiger partial charge in [0, 0.05) is 32.9 Å². The Morgan fingerprint density at radius 1 is 1.52 bits per heavy atom. The molecule has 118 valence electrons. The van der Waals surface area contributed by atoms with E-state index in [9.17, 15) is 4.79 Å². The number of amides is 1. The van der Waals surface area contributed by atoms with Crippen molar-refractivity contribution in [1.29, 1.82) is 0 Å². The molecule has 1 aliphatic heterocycles. The highest BCUT2D eigenvalue weighted by Gasteiger charge is 2.24. The molecule has 6 nitrogen and oxygen atoms in total. The first-order chi connectivity index (χ1) is 10.0. The van der Waals surface area contributed by atoms with Gasteiger partial charge in [0.1, 0.15) is 0 Å². The molecule has 0 aromatic carbocycles. The van der Waals surface area contributed by atoms with E-state index in [1.807, 2.05) is 4.90 Å². The topological polar surface area (TPSA) is 68.5 Å². The van der Waals surface area contributed by atoms with Gasteiger partial charge in [0.2, 0.25) is 11.8 Å². The van der Waals surface area contributed by atoms with Gasteiger partial charge in [-0.2, -0.15) is 4.98 Å². The number of ether oxygens (including phenoxy) is 1. The fraction of sp³-hybridized carbons (Fsp3) is 0.800. The minimum atomic E-state index is 0.128. The van der Waals surface area contributed by atoms with Crippen LogP contribution < -0.4 is 0 Å². The first-order valence-corrected chi connectivity index (χ1v) is 7.73. The van der Waals surface area contributed by atoms with Crippen molar-refractivity contribution in [3.63, 3.8) is 0 Å². The molecule has 2 rings (SSSR count). The summed E-state index contributed by atoms with van der Waals surface area (Å²) in [5, 5.41) is 3.84. The van der Waals surface area contributed by atoms with Crippen LogP contribution >= 0.6 is 0 Å². The fourth-order valence-electron chi connectivity index (χ4n) is 2.54. The van der Waals surface area contributed by atoms with Gasteiger partial charge in [0.05, 0.1) is 12.7 Å². The zero-order valence-electron chi connectivity index (χ0n) is 13.2. The summed E-state index contributed by atoms with van der Waals surface area (Å²) in [5.41, 5.74) is 0. The van der Waals surface area contributed by atoms with Crippen LogP contribution in [-0.2, 0) is 16.0 Å². The number of aromatic nitrogens is 2. The summed E-state index contributed by atoms with van der Waals surface area (Å²) in [6.07, 6.45) is 3.41. The van der Waals surface area contributed by atoms with E-state index >= 15 is 0 Å². The molecule has 0 aliphatic carbocycles. The summed E-state index contributed by atoms with van der Waals surface area (Å²) >= 11 is 0. The van der Waals surface area contributed by atoms with Gasteiger partial charge in [0.25, 0.3) is 0 Å². The van der Waals surface area contributed by atoms with Crippen LogP contribution in [0.5, 0.6) is 0 Å². The van der Waals surface area contributed by atoms with E-state index in [1.54, 1.807) is 6.92 Å². The lowest BCUT2D eigenvalue weighted by Gasteiger charge is -2.33. The Labute approximate surface area is 125 Å². The Hall–Kier alpha value is -1.43. The van der Waals surface area contributed by atoms with Gasteiger partial charge < -0.3 is 14.2 Å². The summed E-state index contributed by atoms with van der Waals surface area (Å²) in [6, 6.07) is 0. The molecule has 6 heteroatoms. The Kier molecular flexibility index (Phi) is 5.73. The largest absolute Gasteiger partial charge is 0.376 e. The van der Waals surface area contributed by atoms with E-state index in [0.29, 0.717) is 43.6 Å². The molecule has 1 aromatic heterocycles. The summed E-state index contributed by atoms with van der Waals surface area (Å²) < 4.78 is 10.8. The highest BCUT2D eigenvalue weighted by molar-refractivity contribution is 5.76. The molecule has 0 saturated carbocycles. The van der Waals surface area contributed by atoms with E-state index in [-0.39, 0.29) is 12.0 Å². The number of likely N-dealkylation sites (tertiary alicyclic amines) is 1. The summed E-state index contributed by atoms with van der Waals surface area (Å²) in [6.45, 7) is 8.05. The first kappa shape index (κ1) is 15.9. The van der Waals surface area contributed by atoms with Crippen LogP contribution in [-0.4, -0.2) is 46.7 Å². The molecule has 1 aliphatic rings. The molecule has 21 heavy (non-hydrogen) atoms. The molecule has 1 fully saturated rings. The Morgan fingerprint density at radius 2 is 2.33 bits per heavy atom. The van der Waals surface area contributed by atoms with Crippen LogP contribution in [0.4, 0.5) is 0 Å². The molecule has 1 amide bonds. The number of aryl methyl sites for hydroxylation is 1. The van der Waals surface area contributed by atoms with Crippen LogP contribution in [0.25, 0.3) is 0 Å². The quantitative estimate of drug-likeness (QED) is 0.802. The normalized spacial score (nSPS) is 19.2. The van der Waals surface area contributed by atoms with Gasteiger partial charge in [0.15, 0.2) is 5.82 Å². The number of carbonyl (C=O) groups excluding carboxylic acids is 1. The van der Waals surface area contributed by atoms with Gasteiger partial charge >= 0.3 is 0 Å². The highest BCUT2D eigenvalue weighted by atomic mass is 16.5. The van der Waals surface area contributed by atoms with Crippen LogP contribution in [0.15, 0.2) is 4.52 Å². The van der Waals surface area contributed by atoms with Crippen LogP contribution in [0.3, 0.4) is 0 Å². The average molecular weight is 295 g/mol. The highest BCUT2D eigenvalue weighted by Crippen LogP contribution is 2.16. The number of hydrogen-bond donors (Lipinski definition) is 0. The van der Waals surface area contributed by atoms with Crippen molar-refractivity contribution in [3.05, 3.63) is 11.7 Å². The second kappa shape index (κ2) is 7.54. The molecular formula is C15H25N3O3. The number of piperidine rings is 1. The van der Waals surface area contributed by atoms with E-state index in [0.717, 1.165) is 19.4 Å². The van der Waals surface area contributed by atoms with Gasteiger partial charge in [-0.25, -0.2) is 0 Å².